The molecule has 0 radical (unpaired) electrons. The maximum Gasteiger partial charge on any atom is 0.0431 e. The van der Waals surface area contributed by atoms with Gasteiger partial charge in [-0.25, -0.2) is 0 Å². The van der Waals surface area contributed by atoms with Gasteiger partial charge in [0.05, 0.1) is 0 Å². The SMILES string of the molecule is CC1CN(CCCCCCO)C1. The Morgan fingerprint density at radius 2 is 1.83 bits per heavy atom. The molecule has 0 spiro atoms. The van der Waals surface area contributed by atoms with Crippen LogP contribution >= 0.6 is 0 Å². The summed E-state index contributed by atoms with van der Waals surface area (Å²) in [7, 11) is 0. The first-order valence-electron chi connectivity index (χ1n) is 5.16. The van der Waals surface area contributed by atoms with Crippen molar-refractivity contribution < 1.29 is 5.11 Å². The van der Waals surface area contributed by atoms with Gasteiger partial charge in [0.25, 0.3) is 0 Å². The van der Waals surface area contributed by atoms with E-state index in [2.05, 4.69) is 11.8 Å². The van der Waals surface area contributed by atoms with Gasteiger partial charge < -0.3 is 10.0 Å². The molecule has 0 aromatic heterocycles. The first-order chi connectivity index (χ1) is 5.83. The van der Waals surface area contributed by atoms with Gasteiger partial charge in [-0.05, 0) is 25.3 Å². The van der Waals surface area contributed by atoms with Crippen LogP contribution in [0.1, 0.15) is 32.6 Å². The molecule has 0 bridgehead atoms. The molecular weight excluding hydrogens is 150 g/mol. The van der Waals surface area contributed by atoms with Crippen molar-refractivity contribution in [3.63, 3.8) is 0 Å². The lowest BCUT2D eigenvalue weighted by Crippen LogP contribution is -2.45. The van der Waals surface area contributed by atoms with Crippen molar-refractivity contribution in [3.8, 4) is 0 Å². The number of unbranched alkanes of at least 4 members (excludes halogenated alkanes) is 3. The van der Waals surface area contributed by atoms with Crippen LogP contribution in [-0.2, 0) is 0 Å². The van der Waals surface area contributed by atoms with Crippen LogP contribution < -0.4 is 0 Å². The number of rotatable bonds is 6. The number of hydrogen-bond donors (Lipinski definition) is 1. The first kappa shape index (κ1) is 10.0. The van der Waals surface area contributed by atoms with Gasteiger partial charge in [0.2, 0.25) is 0 Å². The highest BCUT2D eigenvalue weighted by molar-refractivity contribution is 4.75. The van der Waals surface area contributed by atoms with Crippen molar-refractivity contribution in [2.75, 3.05) is 26.2 Å². The maximum absolute atomic E-state index is 8.56. The van der Waals surface area contributed by atoms with Crippen LogP contribution in [0.2, 0.25) is 0 Å². The lowest BCUT2D eigenvalue weighted by atomic mass is 10.0. The van der Waals surface area contributed by atoms with E-state index in [1.54, 1.807) is 0 Å². The van der Waals surface area contributed by atoms with Crippen LogP contribution in [0.4, 0.5) is 0 Å². The average molecular weight is 171 g/mol. The summed E-state index contributed by atoms with van der Waals surface area (Å²) in [6.45, 7) is 6.55. The minimum absolute atomic E-state index is 0.362. The summed E-state index contributed by atoms with van der Waals surface area (Å²) in [5.41, 5.74) is 0. The van der Waals surface area contributed by atoms with E-state index in [0.29, 0.717) is 6.61 Å². The van der Waals surface area contributed by atoms with Crippen molar-refractivity contribution >= 4 is 0 Å². The molecule has 1 aliphatic rings. The van der Waals surface area contributed by atoms with E-state index < -0.39 is 0 Å². The standard InChI is InChI=1S/C10H21NO/c1-10-8-11(9-10)6-4-2-3-5-7-12/h10,12H,2-9H2,1H3. The molecule has 0 aromatic carbocycles. The van der Waals surface area contributed by atoms with Crippen molar-refractivity contribution in [2.45, 2.75) is 32.6 Å². The van der Waals surface area contributed by atoms with Crippen LogP contribution in [0.3, 0.4) is 0 Å². The highest BCUT2D eigenvalue weighted by Gasteiger charge is 2.20. The van der Waals surface area contributed by atoms with Gasteiger partial charge in [0, 0.05) is 19.7 Å². The summed E-state index contributed by atoms with van der Waals surface area (Å²) in [5.74, 6) is 0.933. The minimum atomic E-state index is 0.362. The Balaban J connectivity index is 1.77. The zero-order chi connectivity index (χ0) is 8.81. The van der Waals surface area contributed by atoms with E-state index >= 15 is 0 Å². The van der Waals surface area contributed by atoms with Gasteiger partial charge in [-0.3, -0.25) is 0 Å². The molecule has 2 nitrogen and oxygen atoms in total. The zero-order valence-electron chi connectivity index (χ0n) is 8.13. The fourth-order valence-electron chi connectivity index (χ4n) is 1.81. The Morgan fingerprint density at radius 3 is 2.42 bits per heavy atom. The summed E-state index contributed by atoms with van der Waals surface area (Å²) in [6.07, 6.45) is 4.77. The van der Waals surface area contributed by atoms with Gasteiger partial charge in [-0.1, -0.05) is 19.8 Å². The van der Waals surface area contributed by atoms with E-state index in [1.807, 2.05) is 0 Å². The van der Waals surface area contributed by atoms with E-state index in [-0.39, 0.29) is 0 Å². The Labute approximate surface area is 75.6 Å². The molecule has 0 unspecified atom stereocenters. The second-order valence-electron chi connectivity index (χ2n) is 4.00. The molecule has 2 heteroatoms. The van der Waals surface area contributed by atoms with Crippen LogP contribution in [0.15, 0.2) is 0 Å². The minimum Gasteiger partial charge on any atom is -0.396 e. The van der Waals surface area contributed by atoms with Crippen molar-refractivity contribution in [1.82, 2.24) is 4.90 Å². The number of aliphatic hydroxyl groups excluding tert-OH is 1. The Bertz CT molecular complexity index is 110. The summed E-state index contributed by atoms with van der Waals surface area (Å²) < 4.78 is 0. The fraction of sp³-hybridized carbons (Fsp3) is 1.00. The predicted molar refractivity (Wildman–Crippen MR) is 51.2 cm³/mol. The molecule has 1 saturated heterocycles. The van der Waals surface area contributed by atoms with Crippen molar-refractivity contribution in [3.05, 3.63) is 0 Å². The summed E-state index contributed by atoms with van der Waals surface area (Å²) >= 11 is 0. The highest BCUT2D eigenvalue weighted by Crippen LogP contribution is 2.14. The molecule has 1 N–H and O–H groups in total. The molecule has 0 saturated carbocycles. The van der Waals surface area contributed by atoms with Crippen LogP contribution in [0.5, 0.6) is 0 Å². The van der Waals surface area contributed by atoms with E-state index in [4.69, 9.17) is 5.11 Å². The third-order valence-electron chi connectivity index (χ3n) is 2.52. The van der Waals surface area contributed by atoms with Gasteiger partial charge >= 0.3 is 0 Å². The highest BCUT2D eigenvalue weighted by atomic mass is 16.2. The molecule has 0 aliphatic carbocycles. The molecular formula is C10H21NO. The zero-order valence-corrected chi connectivity index (χ0v) is 8.13. The normalized spacial score (nSPS) is 19.5. The first-order valence-corrected chi connectivity index (χ1v) is 5.16. The summed E-state index contributed by atoms with van der Waals surface area (Å²) in [5, 5.41) is 8.56. The molecule has 1 aliphatic heterocycles. The Kier molecular flexibility index (Phi) is 4.62. The van der Waals surface area contributed by atoms with Gasteiger partial charge in [0.15, 0.2) is 0 Å². The predicted octanol–water partition coefficient (Wildman–Crippen LogP) is 1.49. The van der Waals surface area contributed by atoms with E-state index in [0.717, 1.165) is 12.3 Å². The average Bonchev–Trinajstić information content (AvgIpc) is 2.00. The molecule has 0 amide bonds. The number of nitrogens with zero attached hydrogens (tertiary/aromatic N) is 1. The molecule has 1 rings (SSSR count). The summed E-state index contributed by atoms with van der Waals surface area (Å²) in [6, 6.07) is 0. The Hall–Kier alpha value is -0.0800. The lowest BCUT2D eigenvalue weighted by Gasteiger charge is -2.37. The molecule has 1 heterocycles. The molecule has 1 fully saturated rings. The lowest BCUT2D eigenvalue weighted by molar-refractivity contribution is 0.110. The third kappa shape index (κ3) is 3.55. The quantitative estimate of drug-likeness (QED) is 0.612. The molecule has 72 valence electrons. The second-order valence-corrected chi connectivity index (χ2v) is 4.00. The van der Waals surface area contributed by atoms with Crippen molar-refractivity contribution in [2.24, 2.45) is 5.92 Å². The largest absolute Gasteiger partial charge is 0.396 e. The monoisotopic (exact) mass is 171 g/mol. The van der Waals surface area contributed by atoms with Gasteiger partial charge in [0.1, 0.15) is 0 Å². The number of likely N-dealkylation sites (tertiary alicyclic amines) is 1. The number of hydrogen-bond acceptors (Lipinski definition) is 2. The van der Waals surface area contributed by atoms with Gasteiger partial charge in [-0.2, -0.15) is 0 Å². The third-order valence-corrected chi connectivity index (χ3v) is 2.52. The Morgan fingerprint density at radius 1 is 1.17 bits per heavy atom. The smallest absolute Gasteiger partial charge is 0.0431 e. The van der Waals surface area contributed by atoms with Gasteiger partial charge in [-0.15, -0.1) is 0 Å². The summed E-state index contributed by atoms with van der Waals surface area (Å²) in [4.78, 5) is 2.52. The topological polar surface area (TPSA) is 23.5 Å². The molecule has 0 atom stereocenters. The van der Waals surface area contributed by atoms with Crippen molar-refractivity contribution in [1.29, 1.82) is 0 Å². The second kappa shape index (κ2) is 5.55. The number of aliphatic hydroxyl groups is 1. The maximum atomic E-state index is 8.56. The van der Waals surface area contributed by atoms with E-state index in [9.17, 15) is 0 Å². The molecule has 12 heavy (non-hydrogen) atoms. The van der Waals surface area contributed by atoms with E-state index in [1.165, 1.54) is 38.9 Å². The van der Waals surface area contributed by atoms with Crippen LogP contribution in [0.25, 0.3) is 0 Å². The van der Waals surface area contributed by atoms with Crippen LogP contribution in [0, 0.1) is 5.92 Å². The molecule has 0 aromatic rings. The van der Waals surface area contributed by atoms with Crippen LogP contribution in [-0.4, -0.2) is 36.2 Å². The fourth-order valence-corrected chi connectivity index (χ4v) is 1.81.